The maximum atomic E-state index is 13.0. The lowest BCUT2D eigenvalue weighted by Gasteiger charge is -2.10. The highest BCUT2D eigenvalue weighted by molar-refractivity contribution is 6.32. The lowest BCUT2D eigenvalue weighted by Crippen LogP contribution is -2.12. The van der Waals surface area contributed by atoms with E-state index in [1.807, 2.05) is 0 Å². The second-order valence-corrected chi connectivity index (χ2v) is 5.62. The average Bonchev–Trinajstić information content (AvgIpc) is 2.91. The van der Waals surface area contributed by atoms with Crippen LogP contribution in [-0.4, -0.2) is 26.9 Å². The normalized spacial score (nSPS) is 12.0. The number of halogens is 4. The molecule has 1 aromatic carbocycles. The molecule has 0 atom stereocenters. The Hall–Kier alpha value is -2.55. The van der Waals surface area contributed by atoms with E-state index in [1.165, 1.54) is 10.6 Å². The molecule has 0 aliphatic rings. The quantitative estimate of drug-likeness (QED) is 0.716. The van der Waals surface area contributed by atoms with Gasteiger partial charge in [-0.2, -0.15) is 13.2 Å². The number of fused-ring (bicyclic) bond motifs is 3. The smallest absolute Gasteiger partial charge is 0.417 e. The molecule has 0 radical (unpaired) electrons. The largest absolute Gasteiger partial charge is 0.466 e. The highest BCUT2D eigenvalue weighted by Gasteiger charge is 2.33. The van der Waals surface area contributed by atoms with E-state index in [2.05, 4.69) is 9.97 Å². The van der Waals surface area contributed by atoms with Gasteiger partial charge in [-0.3, -0.25) is 14.0 Å². The van der Waals surface area contributed by atoms with E-state index in [4.69, 9.17) is 16.3 Å². The van der Waals surface area contributed by atoms with Gasteiger partial charge in [0.15, 0.2) is 0 Å². The second-order valence-electron chi connectivity index (χ2n) is 5.21. The molecule has 1 N–H and O–H groups in total. The Bertz CT molecular complexity index is 1040. The first kappa shape index (κ1) is 17.3. The summed E-state index contributed by atoms with van der Waals surface area (Å²) < 4.78 is 45.0. The van der Waals surface area contributed by atoms with Crippen molar-refractivity contribution in [2.45, 2.75) is 19.5 Å². The van der Waals surface area contributed by atoms with Crippen molar-refractivity contribution in [3.8, 4) is 0 Å². The summed E-state index contributed by atoms with van der Waals surface area (Å²) >= 11 is 5.74. The molecule has 132 valence electrons. The number of nitrogens with zero attached hydrogens (tertiary/aromatic N) is 2. The number of aromatic amines is 1. The van der Waals surface area contributed by atoms with Gasteiger partial charge in [0.25, 0.3) is 5.56 Å². The van der Waals surface area contributed by atoms with Gasteiger partial charge >= 0.3 is 12.1 Å². The number of ether oxygens (including phenoxy) is 1. The molecule has 0 aliphatic carbocycles. The highest BCUT2D eigenvalue weighted by atomic mass is 35.5. The van der Waals surface area contributed by atoms with Crippen molar-refractivity contribution < 1.29 is 22.7 Å². The number of carbonyl (C=O) groups is 1. The zero-order chi connectivity index (χ0) is 18.4. The summed E-state index contributed by atoms with van der Waals surface area (Å²) in [6.45, 7) is 1.85. The minimum absolute atomic E-state index is 0.0469. The van der Waals surface area contributed by atoms with Crippen molar-refractivity contribution in [1.29, 1.82) is 0 Å². The summed E-state index contributed by atoms with van der Waals surface area (Å²) in [5.41, 5.74) is -1.35. The molecule has 0 amide bonds. The van der Waals surface area contributed by atoms with Crippen LogP contribution in [-0.2, 0) is 22.1 Å². The maximum Gasteiger partial charge on any atom is 0.417 e. The number of hydrogen-bond acceptors (Lipinski definition) is 4. The lowest BCUT2D eigenvalue weighted by molar-refractivity contribution is -0.142. The van der Waals surface area contributed by atoms with E-state index in [-0.39, 0.29) is 35.4 Å². The second kappa shape index (κ2) is 6.07. The summed E-state index contributed by atoms with van der Waals surface area (Å²) in [5.74, 6) is -0.524. The van der Waals surface area contributed by atoms with Crippen molar-refractivity contribution in [3.05, 3.63) is 45.0 Å². The number of rotatable bonds is 3. The summed E-state index contributed by atoms with van der Waals surface area (Å²) in [6, 6.07) is 1.86. The van der Waals surface area contributed by atoms with Crippen LogP contribution < -0.4 is 5.56 Å². The Balaban J connectivity index is 2.20. The van der Waals surface area contributed by atoms with Gasteiger partial charge in [0.2, 0.25) is 5.65 Å². The molecule has 2 heterocycles. The first-order valence-electron chi connectivity index (χ1n) is 7.17. The zero-order valence-electron chi connectivity index (χ0n) is 12.8. The first-order valence-corrected chi connectivity index (χ1v) is 7.55. The van der Waals surface area contributed by atoms with Crippen LogP contribution in [0.3, 0.4) is 0 Å². The van der Waals surface area contributed by atoms with Gasteiger partial charge in [0.05, 0.1) is 40.3 Å². The molecule has 25 heavy (non-hydrogen) atoms. The molecule has 0 fully saturated rings. The highest BCUT2D eigenvalue weighted by Crippen LogP contribution is 2.36. The first-order chi connectivity index (χ1) is 11.7. The van der Waals surface area contributed by atoms with Crippen LogP contribution in [0.1, 0.15) is 18.2 Å². The number of H-pyrrole nitrogens is 1. The van der Waals surface area contributed by atoms with Gasteiger partial charge < -0.3 is 9.72 Å². The van der Waals surface area contributed by atoms with Crippen LogP contribution in [0.5, 0.6) is 0 Å². The predicted molar refractivity (Wildman–Crippen MR) is 83.7 cm³/mol. The third-order valence-electron chi connectivity index (χ3n) is 3.49. The average molecular weight is 374 g/mol. The number of hydrogen-bond donors (Lipinski definition) is 1. The van der Waals surface area contributed by atoms with E-state index in [0.29, 0.717) is 0 Å². The number of esters is 1. The van der Waals surface area contributed by atoms with Gasteiger partial charge in [-0.25, -0.2) is 4.98 Å². The summed E-state index contributed by atoms with van der Waals surface area (Å²) in [5, 5.41) is -0.506. The van der Waals surface area contributed by atoms with Crippen molar-refractivity contribution in [2.75, 3.05) is 6.61 Å². The van der Waals surface area contributed by atoms with Crippen LogP contribution in [0.25, 0.3) is 16.7 Å². The van der Waals surface area contributed by atoms with Crippen LogP contribution in [0.2, 0.25) is 5.02 Å². The SMILES string of the molecule is CCOC(=O)Cc1cn2c(n1)c(=O)[nH]c1cc(C(F)(F)F)c(Cl)cc12. The van der Waals surface area contributed by atoms with E-state index < -0.39 is 28.3 Å². The fraction of sp³-hybridized carbons (Fsp3) is 0.267. The summed E-state index contributed by atoms with van der Waals surface area (Å²) in [6.07, 6.45) is -3.42. The minimum atomic E-state index is -4.65. The van der Waals surface area contributed by atoms with Gasteiger partial charge in [0, 0.05) is 6.20 Å². The van der Waals surface area contributed by atoms with Gasteiger partial charge in [-0.1, -0.05) is 11.6 Å². The van der Waals surface area contributed by atoms with Crippen molar-refractivity contribution in [1.82, 2.24) is 14.4 Å². The van der Waals surface area contributed by atoms with Crippen LogP contribution >= 0.6 is 11.6 Å². The molecule has 2 aromatic heterocycles. The molecule has 0 saturated heterocycles. The summed E-state index contributed by atoms with van der Waals surface area (Å²) in [4.78, 5) is 30.0. The number of nitrogens with one attached hydrogen (secondary N) is 1. The molecule has 10 heteroatoms. The third kappa shape index (κ3) is 3.19. The van der Waals surface area contributed by atoms with Crippen LogP contribution in [0.15, 0.2) is 23.1 Å². The van der Waals surface area contributed by atoms with Crippen molar-refractivity contribution in [3.63, 3.8) is 0 Å². The van der Waals surface area contributed by atoms with Gasteiger partial charge in [0.1, 0.15) is 0 Å². The molecule has 0 bridgehead atoms. The Kier molecular flexibility index (Phi) is 4.19. The van der Waals surface area contributed by atoms with Crippen LogP contribution in [0, 0.1) is 0 Å². The van der Waals surface area contributed by atoms with E-state index >= 15 is 0 Å². The molecule has 0 aliphatic heterocycles. The number of benzene rings is 1. The molecule has 3 aromatic rings. The third-order valence-corrected chi connectivity index (χ3v) is 3.80. The van der Waals surface area contributed by atoms with Gasteiger partial charge in [-0.05, 0) is 19.1 Å². The van der Waals surface area contributed by atoms with E-state index in [9.17, 15) is 22.8 Å². The molecular weight excluding hydrogens is 363 g/mol. The Labute approximate surface area is 143 Å². The van der Waals surface area contributed by atoms with Crippen molar-refractivity contribution in [2.24, 2.45) is 0 Å². The molecular formula is C15H11ClF3N3O3. The number of alkyl halides is 3. The molecule has 0 unspecified atom stereocenters. The summed E-state index contributed by atoms with van der Waals surface area (Å²) in [7, 11) is 0. The van der Waals surface area contributed by atoms with Crippen molar-refractivity contribution >= 4 is 34.3 Å². The Morgan fingerprint density at radius 3 is 2.76 bits per heavy atom. The predicted octanol–water partition coefficient (Wildman–Crippen LogP) is 2.95. The standard InChI is InChI=1S/C15H11ClF3N3O3/c1-2-25-12(23)3-7-6-22-11-5-9(16)8(15(17,18)19)4-10(11)21-14(24)13(22)20-7/h4-6H,2-3H2,1H3,(H,21,24). The molecule has 3 rings (SSSR count). The fourth-order valence-electron chi connectivity index (χ4n) is 2.48. The molecule has 0 spiro atoms. The van der Waals surface area contributed by atoms with Crippen LogP contribution in [0.4, 0.5) is 13.2 Å². The number of aromatic nitrogens is 3. The number of imidazole rings is 1. The van der Waals surface area contributed by atoms with Gasteiger partial charge in [-0.15, -0.1) is 0 Å². The maximum absolute atomic E-state index is 13.0. The van der Waals surface area contributed by atoms with E-state index in [0.717, 1.165) is 12.1 Å². The Morgan fingerprint density at radius 2 is 2.12 bits per heavy atom. The fourth-order valence-corrected chi connectivity index (χ4v) is 2.74. The lowest BCUT2D eigenvalue weighted by atomic mass is 10.2. The number of carbonyl (C=O) groups excluding carboxylic acids is 1. The molecule has 6 nitrogen and oxygen atoms in total. The molecule has 0 saturated carbocycles. The zero-order valence-corrected chi connectivity index (χ0v) is 13.5. The topological polar surface area (TPSA) is 76.5 Å². The van der Waals surface area contributed by atoms with E-state index in [1.54, 1.807) is 6.92 Å². The monoisotopic (exact) mass is 373 g/mol. The minimum Gasteiger partial charge on any atom is -0.466 e. The Morgan fingerprint density at radius 1 is 1.40 bits per heavy atom.